The lowest BCUT2D eigenvalue weighted by atomic mass is 9.70. The highest BCUT2D eigenvalue weighted by molar-refractivity contribution is 5.93. The second kappa shape index (κ2) is 12.2. The van der Waals surface area contributed by atoms with Crippen LogP contribution in [-0.2, 0) is 9.59 Å². The molecule has 9 heteroatoms. The number of carbonyl (C=O) groups is 2. The lowest BCUT2D eigenvalue weighted by Crippen LogP contribution is -2.54. The van der Waals surface area contributed by atoms with E-state index in [9.17, 15) is 19.6 Å². The molecule has 2 aliphatic rings. The molecule has 1 aromatic carbocycles. The first-order valence-electron chi connectivity index (χ1n) is 15.6. The third kappa shape index (κ3) is 5.27. The van der Waals surface area contributed by atoms with Crippen LogP contribution in [-0.4, -0.2) is 44.6 Å². The molecular formula is C34H45N5O4. The Morgan fingerprint density at radius 1 is 1.21 bits per heavy atom. The number of nitrogens with zero attached hydrogens (tertiary/aromatic N) is 3. The molecule has 5 rings (SSSR count). The number of hydrazine groups is 1. The number of pyridine rings is 2. The highest BCUT2D eigenvalue weighted by atomic mass is 16.5. The van der Waals surface area contributed by atoms with Crippen molar-refractivity contribution in [3.8, 4) is 5.69 Å². The second-order valence-electron chi connectivity index (χ2n) is 13.1. The van der Waals surface area contributed by atoms with Crippen molar-refractivity contribution in [3.05, 3.63) is 64.7 Å². The number of hydrogen-bond acceptors (Lipinski definition) is 7. The van der Waals surface area contributed by atoms with E-state index in [2.05, 4.69) is 43.5 Å². The lowest BCUT2D eigenvalue weighted by Gasteiger charge is -2.40. The van der Waals surface area contributed by atoms with Gasteiger partial charge in [0.1, 0.15) is 5.78 Å². The number of rotatable bonds is 13. The van der Waals surface area contributed by atoms with Gasteiger partial charge < -0.3 is 5.43 Å². The van der Waals surface area contributed by atoms with Gasteiger partial charge in [0.05, 0.1) is 28.9 Å². The number of hydrogen-bond donors (Lipinski definition) is 3. The maximum Gasteiger partial charge on any atom is 0.260 e. The van der Waals surface area contributed by atoms with Crippen LogP contribution in [0, 0.1) is 35.5 Å². The van der Waals surface area contributed by atoms with Gasteiger partial charge in [0.2, 0.25) is 6.41 Å². The van der Waals surface area contributed by atoms with Crippen LogP contribution in [0.15, 0.2) is 53.6 Å². The van der Waals surface area contributed by atoms with E-state index in [4.69, 9.17) is 0 Å². The van der Waals surface area contributed by atoms with Gasteiger partial charge in [-0.05, 0) is 61.6 Å². The van der Waals surface area contributed by atoms with Gasteiger partial charge in [-0.2, -0.15) is 0 Å². The molecule has 230 valence electrons. The number of Topliss-reactive ketones (excluding diaryl/α,β-unsaturated/α-hetero) is 1. The first kappa shape index (κ1) is 30.9. The Hall–Kier alpha value is -3.56. The summed E-state index contributed by atoms with van der Waals surface area (Å²) in [6.45, 7) is 10.4. The molecule has 3 aromatic rings. The van der Waals surface area contributed by atoms with E-state index in [1.807, 2.05) is 36.4 Å². The lowest BCUT2D eigenvalue weighted by molar-refractivity contribution is -0.156. The Bertz CT molecular complexity index is 1550. The fourth-order valence-corrected chi connectivity index (χ4v) is 8.01. The van der Waals surface area contributed by atoms with Crippen LogP contribution in [0.25, 0.3) is 16.6 Å². The van der Waals surface area contributed by atoms with Crippen molar-refractivity contribution in [2.45, 2.75) is 79.2 Å². The number of hydroxylamine groups is 2. The largest absolute Gasteiger partial charge is 0.321 e. The molecule has 0 bridgehead atoms. The monoisotopic (exact) mass is 587 g/mol. The Morgan fingerprint density at radius 3 is 2.72 bits per heavy atom. The quantitative estimate of drug-likeness (QED) is 0.102. The zero-order valence-electron chi connectivity index (χ0n) is 26.0. The fourth-order valence-electron chi connectivity index (χ4n) is 8.01. The smallest absolute Gasteiger partial charge is 0.260 e. The van der Waals surface area contributed by atoms with E-state index < -0.39 is 11.3 Å². The molecule has 9 nitrogen and oxygen atoms in total. The summed E-state index contributed by atoms with van der Waals surface area (Å²) in [5.41, 5.74) is 8.53. The first-order chi connectivity index (χ1) is 20.6. The highest BCUT2D eigenvalue weighted by Crippen LogP contribution is 2.76. The van der Waals surface area contributed by atoms with Crippen LogP contribution in [0.3, 0.4) is 0 Å². The predicted octanol–water partition coefficient (Wildman–Crippen LogP) is 5.66. The normalized spacial score (nSPS) is 24.7. The summed E-state index contributed by atoms with van der Waals surface area (Å²) < 4.78 is 1.62. The van der Waals surface area contributed by atoms with Gasteiger partial charge in [-0.1, -0.05) is 65.2 Å². The predicted molar refractivity (Wildman–Crippen MR) is 168 cm³/mol. The molecule has 43 heavy (non-hydrogen) atoms. The average molecular weight is 588 g/mol. The minimum Gasteiger partial charge on any atom is -0.321 e. The SMILES string of the molecule is CCCCC[C@H](CN(O)C=O)C(=O)C12C(NNc3ccn(-c4cccc5cccnc45)c(=O)c3C)C(C)CCC1C2(C)C. The Labute approximate surface area is 253 Å². The third-order valence-electron chi connectivity index (χ3n) is 10.4. The van der Waals surface area contributed by atoms with Crippen LogP contribution in [0.5, 0.6) is 0 Å². The maximum atomic E-state index is 14.5. The van der Waals surface area contributed by atoms with Crippen molar-refractivity contribution in [2.75, 3.05) is 12.0 Å². The van der Waals surface area contributed by atoms with Gasteiger partial charge in [0.15, 0.2) is 0 Å². The molecule has 0 saturated heterocycles. The van der Waals surface area contributed by atoms with E-state index in [0.29, 0.717) is 29.1 Å². The molecule has 2 aromatic heterocycles. The number of fused-ring (bicyclic) bond motifs is 2. The molecule has 2 fully saturated rings. The van der Waals surface area contributed by atoms with Gasteiger partial charge in [0, 0.05) is 35.3 Å². The van der Waals surface area contributed by atoms with Crippen molar-refractivity contribution < 1.29 is 14.8 Å². The second-order valence-corrected chi connectivity index (χ2v) is 13.1. The Kier molecular flexibility index (Phi) is 8.77. The zero-order chi connectivity index (χ0) is 30.9. The van der Waals surface area contributed by atoms with Gasteiger partial charge in [-0.25, -0.2) is 10.5 Å². The van der Waals surface area contributed by atoms with Crippen LogP contribution < -0.4 is 16.4 Å². The molecule has 0 spiro atoms. The number of unbranched alkanes of at least 4 members (excludes halogenated alkanes) is 2. The number of anilines is 1. The molecule has 4 unspecified atom stereocenters. The van der Waals surface area contributed by atoms with Crippen LogP contribution in [0.2, 0.25) is 0 Å². The minimum absolute atomic E-state index is 0.00544. The summed E-state index contributed by atoms with van der Waals surface area (Å²) in [5, 5.41) is 11.7. The number of nitrogens with one attached hydrogen (secondary N) is 2. The number of ketones is 1. The van der Waals surface area contributed by atoms with Crippen molar-refractivity contribution in [3.63, 3.8) is 0 Å². The van der Waals surface area contributed by atoms with E-state index in [-0.39, 0.29) is 41.2 Å². The molecule has 2 saturated carbocycles. The summed E-state index contributed by atoms with van der Waals surface area (Å²) in [4.78, 5) is 44.0. The van der Waals surface area contributed by atoms with Crippen LogP contribution in [0.1, 0.15) is 71.8 Å². The molecule has 2 aliphatic carbocycles. The van der Waals surface area contributed by atoms with Crippen molar-refractivity contribution >= 4 is 28.8 Å². The number of aromatic nitrogens is 2. The van der Waals surface area contributed by atoms with Crippen LogP contribution >= 0.6 is 0 Å². The first-order valence-corrected chi connectivity index (χ1v) is 15.6. The fraction of sp³-hybridized carbons (Fsp3) is 0.529. The summed E-state index contributed by atoms with van der Waals surface area (Å²) in [5.74, 6) is 0.0825. The summed E-state index contributed by atoms with van der Waals surface area (Å²) in [6, 6.07) is 11.3. The standard InChI is InChI=1S/C34H45N5O4/c1-6-7-8-11-25(20-38(43)21-40)31(41)34-28(33(34,4)5)16-15-22(2)30(34)37-36-26-17-19-39(32(42)23(26)3)27-14-9-12-24-13-10-18-35-29(24)27/h9-10,12-14,17-19,21-22,25,28,30,36-37,43H,6-8,11,15-16,20H2,1-5H3/t22?,25-,28?,30?,34?/m1/s1. The average Bonchev–Trinajstić information content (AvgIpc) is 3.52. The summed E-state index contributed by atoms with van der Waals surface area (Å²) >= 11 is 0. The molecule has 0 radical (unpaired) electrons. The van der Waals surface area contributed by atoms with Gasteiger partial charge in [0.25, 0.3) is 5.56 Å². The van der Waals surface area contributed by atoms with E-state index in [1.165, 1.54) is 0 Å². The van der Waals surface area contributed by atoms with Crippen molar-refractivity contribution in [1.82, 2.24) is 20.0 Å². The Morgan fingerprint density at radius 2 is 1.98 bits per heavy atom. The van der Waals surface area contributed by atoms with E-state index in [1.54, 1.807) is 23.9 Å². The van der Waals surface area contributed by atoms with Gasteiger partial charge >= 0.3 is 0 Å². The van der Waals surface area contributed by atoms with E-state index in [0.717, 1.165) is 48.7 Å². The number of benzene rings is 1. The number of amides is 1. The van der Waals surface area contributed by atoms with Gasteiger partial charge in [-0.15, -0.1) is 0 Å². The molecular weight excluding hydrogens is 542 g/mol. The molecule has 1 amide bonds. The zero-order valence-corrected chi connectivity index (χ0v) is 26.0. The van der Waals surface area contributed by atoms with Crippen molar-refractivity contribution in [1.29, 1.82) is 0 Å². The highest BCUT2D eigenvalue weighted by Gasteiger charge is 2.79. The Balaban J connectivity index is 1.43. The summed E-state index contributed by atoms with van der Waals surface area (Å²) in [6.07, 6.45) is 9.34. The third-order valence-corrected chi connectivity index (χ3v) is 10.4. The summed E-state index contributed by atoms with van der Waals surface area (Å²) in [7, 11) is 0. The minimum atomic E-state index is -0.643. The molecule has 5 atom stereocenters. The number of carbonyl (C=O) groups excluding carboxylic acids is 2. The maximum absolute atomic E-state index is 14.5. The van der Waals surface area contributed by atoms with Crippen LogP contribution in [0.4, 0.5) is 5.69 Å². The molecule has 3 N–H and O–H groups in total. The topological polar surface area (TPSA) is 117 Å². The van der Waals surface area contributed by atoms with Gasteiger partial charge in [-0.3, -0.25) is 29.1 Å². The molecule has 0 aliphatic heterocycles. The van der Waals surface area contributed by atoms with Crippen molar-refractivity contribution in [2.24, 2.45) is 28.6 Å². The number of para-hydroxylation sites is 1. The van der Waals surface area contributed by atoms with E-state index >= 15 is 0 Å². The molecule has 2 heterocycles.